The SMILES string of the molecule is O=C(O)Cn1cnc([N+](=O)[O-])c1. The summed E-state index contributed by atoms with van der Waals surface area (Å²) in [4.78, 5) is 22.9. The van der Waals surface area contributed by atoms with Gasteiger partial charge >= 0.3 is 11.8 Å². The Bertz CT molecular complexity index is 318. The van der Waals surface area contributed by atoms with E-state index in [0.717, 1.165) is 17.1 Å². The van der Waals surface area contributed by atoms with Crippen molar-refractivity contribution in [1.29, 1.82) is 0 Å². The summed E-state index contributed by atoms with van der Waals surface area (Å²) in [5.41, 5.74) is 0. The molecule has 1 rings (SSSR count). The third kappa shape index (κ3) is 1.78. The molecule has 7 nitrogen and oxygen atoms in total. The molecule has 0 aliphatic rings. The lowest BCUT2D eigenvalue weighted by molar-refractivity contribution is -0.389. The van der Waals surface area contributed by atoms with E-state index in [2.05, 4.69) is 4.98 Å². The summed E-state index contributed by atoms with van der Waals surface area (Å²) in [5, 5.41) is 18.4. The Morgan fingerprint density at radius 2 is 2.50 bits per heavy atom. The molecular formula is C5H5N3O4. The standard InChI is InChI=1S/C5H5N3O4/c9-5(10)2-7-1-4(6-3-7)8(11)12/h1,3H,2H2,(H,9,10). The van der Waals surface area contributed by atoms with E-state index in [1.54, 1.807) is 0 Å². The zero-order valence-electron chi connectivity index (χ0n) is 5.88. The Morgan fingerprint density at radius 3 is 2.92 bits per heavy atom. The molecule has 0 aliphatic heterocycles. The van der Waals surface area contributed by atoms with Gasteiger partial charge in [-0.1, -0.05) is 0 Å². The Kier molecular flexibility index (Phi) is 2.04. The average molecular weight is 171 g/mol. The third-order valence-electron chi connectivity index (χ3n) is 1.12. The van der Waals surface area contributed by atoms with Crippen molar-refractivity contribution in [3.63, 3.8) is 0 Å². The fraction of sp³-hybridized carbons (Fsp3) is 0.200. The number of nitro groups is 1. The number of hydrogen-bond donors (Lipinski definition) is 1. The number of imidazole rings is 1. The molecule has 7 heteroatoms. The molecule has 0 amide bonds. The van der Waals surface area contributed by atoms with Crippen LogP contribution in [0.4, 0.5) is 5.82 Å². The van der Waals surface area contributed by atoms with Gasteiger partial charge in [0.2, 0.25) is 6.33 Å². The smallest absolute Gasteiger partial charge is 0.381 e. The fourth-order valence-corrected chi connectivity index (χ4v) is 0.685. The van der Waals surface area contributed by atoms with Gasteiger partial charge in [0.05, 0.1) is 0 Å². The van der Waals surface area contributed by atoms with Crippen LogP contribution in [0, 0.1) is 10.1 Å². The van der Waals surface area contributed by atoms with E-state index in [9.17, 15) is 14.9 Å². The minimum absolute atomic E-state index is 0.319. The van der Waals surface area contributed by atoms with Crippen LogP contribution in [-0.4, -0.2) is 25.6 Å². The highest BCUT2D eigenvalue weighted by atomic mass is 16.6. The maximum atomic E-state index is 10.1. The highest BCUT2D eigenvalue weighted by Gasteiger charge is 2.10. The molecule has 0 saturated heterocycles. The molecule has 1 N–H and O–H groups in total. The average Bonchev–Trinajstić information content (AvgIpc) is 2.34. The number of carboxylic acid groups (broad SMARTS) is 1. The van der Waals surface area contributed by atoms with Gasteiger partial charge in [-0.15, -0.1) is 0 Å². The molecule has 1 aromatic heterocycles. The van der Waals surface area contributed by atoms with Gasteiger partial charge in [-0.25, -0.2) is 0 Å². The first-order valence-electron chi connectivity index (χ1n) is 2.97. The van der Waals surface area contributed by atoms with Crippen molar-refractivity contribution in [2.45, 2.75) is 6.54 Å². The summed E-state index contributed by atoms with van der Waals surface area (Å²) in [6.45, 7) is -0.319. The molecule has 0 radical (unpaired) electrons. The summed E-state index contributed by atoms with van der Waals surface area (Å²) in [5.74, 6) is -1.42. The van der Waals surface area contributed by atoms with Crippen molar-refractivity contribution in [3.05, 3.63) is 22.6 Å². The Hall–Kier alpha value is -1.92. The Morgan fingerprint density at radius 1 is 1.83 bits per heavy atom. The minimum Gasteiger partial charge on any atom is -0.480 e. The van der Waals surface area contributed by atoms with Crippen molar-refractivity contribution in [3.8, 4) is 0 Å². The maximum absolute atomic E-state index is 10.1. The fourth-order valence-electron chi connectivity index (χ4n) is 0.685. The molecule has 0 aliphatic carbocycles. The summed E-state index contributed by atoms with van der Waals surface area (Å²) in [6.07, 6.45) is 2.17. The molecule has 12 heavy (non-hydrogen) atoms. The van der Waals surface area contributed by atoms with Gasteiger partial charge in [-0.3, -0.25) is 9.36 Å². The minimum atomic E-state index is -1.07. The van der Waals surface area contributed by atoms with Crippen LogP contribution in [-0.2, 0) is 11.3 Å². The van der Waals surface area contributed by atoms with Crippen LogP contribution in [0.2, 0.25) is 0 Å². The van der Waals surface area contributed by atoms with Crippen molar-refractivity contribution in [2.24, 2.45) is 0 Å². The van der Waals surface area contributed by atoms with Crippen LogP contribution >= 0.6 is 0 Å². The number of hydrogen-bond acceptors (Lipinski definition) is 4. The van der Waals surface area contributed by atoms with Gasteiger partial charge in [0.1, 0.15) is 12.7 Å². The van der Waals surface area contributed by atoms with Crippen molar-refractivity contribution >= 4 is 11.8 Å². The molecule has 0 spiro atoms. The van der Waals surface area contributed by atoms with E-state index in [-0.39, 0.29) is 12.4 Å². The quantitative estimate of drug-likeness (QED) is 0.504. The predicted molar refractivity (Wildman–Crippen MR) is 36.5 cm³/mol. The van der Waals surface area contributed by atoms with Crippen LogP contribution < -0.4 is 0 Å². The molecular weight excluding hydrogens is 166 g/mol. The maximum Gasteiger partial charge on any atom is 0.381 e. The Balaban J connectivity index is 2.77. The molecule has 0 atom stereocenters. The number of carboxylic acids is 1. The normalized spacial score (nSPS) is 9.67. The van der Waals surface area contributed by atoms with E-state index in [1.165, 1.54) is 0 Å². The van der Waals surface area contributed by atoms with Gasteiger partial charge in [0.25, 0.3) is 0 Å². The summed E-state index contributed by atoms with van der Waals surface area (Å²) in [7, 11) is 0. The zero-order chi connectivity index (χ0) is 9.14. The largest absolute Gasteiger partial charge is 0.480 e. The molecule has 0 aromatic carbocycles. The number of carbonyl (C=O) groups is 1. The van der Waals surface area contributed by atoms with Gasteiger partial charge in [0.15, 0.2) is 0 Å². The highest BCUT2D eigenvalue weighted by molar-refractivity contribution is 5.66. The first-order chi connectivity index (χ1) is 5.59. The van der Waals surface area contributed by atoms with E-state index in [1.807, 2.05) is 0 Å². The Labute approximate surface area is 66.4 Å². The molecule has 1 heterocycles. The second kappa shape index (κ2) is 2.99. The molecule has 0 unspecified atom stereocenters. The van der Waals surface area contributed by atoms with Gasteiger partial charge in [-0.05, 0) is 9.91 Å². The van der Waals surface area contributed by atoms with Crippen molar-refractivity contribution in [2.75, 3.05) is 0 Å². The molecule has 64 valence electrons. The zero-order valence-corrected chi connectivity index (χ0v) is 5.88. The van der Waals surface area contributed by atoms with Crippen LogP contribution in [0.15, 0.2) is 12.5 Å². The van der Waals surface area contributed by atoms with Crippen LogP contribution in [0.5, 0.6) is 0 Å². The number of rotatable bonds is 3. The third-order valence-corrected chi connectivity index (χ3v) is 1.12. The van der Waals surface area contributed by atoms with E-state index < -0.39 is 10.9 Å². The first-order valence-corrected chi connectivity index (χ1v) is 2.97. The molecule has 0 fully saturated rings. The lowest BCUT2D eigenvalue weighted by atomic mass is 10.6. The van der Waals surface area contributed by atoms with Gasteiger partial charge < -0.3 is 15.2 Å². The summed E-state index contributed by atoms with van der Waals surface area (Å²) in [6, 6.07) is 0. The molecule has 1 aromatic rings. The summed E-state index contributed by atoms with van der Waals surface area (Å²) < 4.78 is 1.13. The van der Waals surface area contributed by atoms with E-state index >= 15 is 0 Å². The van der Waals surface area contributed by atoms with Crippen LogP contribution in [0.3, 0.4) is 0 Å². The summed E-state index contributed by atoms with van der Waals surface area (Å²) >= 11 is 0. The predicted octanol–water partition coefficient (Wildman–Crippen LogP) is -0.124. The lowest BCUT2D eigenvalue weighted by Gasteiger charge is -1.90. The van der Waals surface area contributed by atoms with Gasteiger partial charge in [-0.2, -0.15) is 0 Å². The monoisotopic (exact) mass is 171 g/mol. The van der Waals surface area contributed by atoms with Crippen LogP contribution in [0.1, 0.15) is 0 Å². The van der Waals surface area contributed by atoms with E-state index in [4.69, 9.17) is 5.11 Å². The van der Waals surface area contributed by atoms with Crippen LogP contribution in [0.25, 0.3) is 0 Å². The van der Waals surface area contributed by atoms with Crippen molar-refractivity contribution in [1.82, 2.24) is 9.55 Å². The van der Waals surface area contributed by atoms with Crippen molar-refractivity contribution < 1.29 is 14.8 Å². The number of aliphatic carboxylic acids is 1. The molecule has 0 saturated carbocycles. The second-order valence-corrected chi connectivity index (χ2v) is 2.06. The number of nitrogens with zero attached hydrogens (tertiary/aromatic N) is 3. The van der Waals surface area contributed by atoms with E-state index in [0.29, 0.717) is 0 Å². The highest BCUT2D eigenvalue weighted by Crippen LogP contribution is 2.04. The topological polar surface area (TPSA) is 98.3 Å². The van der Waals surface area contributed by atoms with Gasteiger partial charge in [0, 0.05) is 0 Å². The lowest BCUT2D eigenvalue weighted by Crippen LogP contribution is -2.06. The number of aromatic nitrogens is 2. The second-order valence-electron chi connectivity index (χ2n) is 2.06. The molecule has 0 bridgehead atoms. The first kappa shape index (κ1) is 8.18.